The molecule has 0 unspecified atom stereocenters. The first-order chi connectivity index (χ1) is 16.6. The highest BCUT2D eigenvalue weighted by atomic mass is 35.5. The van der Waals surface area contributed by atoms with E-state index in [1.54, 1.807) is 13.3 Å². The number of ether oxygens (including phenoxy) is 1. The first-order valence-corrected chi connectivity index (χ1v) is 12.0. The summed E-state index contributed by atoms with van der Waals surface area (Å²) in [4.78, 5) is 24.6. The molecular formula is C26H30ClN5O2. The Kier molecular flexibility index (Phi) is 8.20. The lowest BCUT2D eigenvalue weighted by Gasteiger charge is -2.21. The molecule has 178 valence electrons. The number of methoxy groups -OCH3 is 1. The quantitative estimate of drug-likeness (QED) is 0.470. The highest BCUT2D eigenvalue weighted by Gasteiger charge is 2.19. The molecule has 34 heavy (non-hydrogen) atoms. The Morgan fingerprint density at radius 1 is 1.03 bits per heavy atom. The summed E-state index contributed by atoms with van der Waals surface area (Å²) >= 11 is 6.29. The van der Waals surface area contributed by atoms with E-state index in [2.05, 4.69) is 20.5 Å². The SMILES string of the molecule is COc1ccc(CNc2nc(N3CCCCCC3)ncc2C(=O)NCc2ccccc2)cc1Cl. The zero-order valence-corrected chi connectivity index (χ0v) is 20.1. The smallest absolute Gasteiger partial charge is 0.256 e. The molecule has 1 aromatic heterocycles. The number of carbonyl (C=O) groups excluding carboxylic acids is 1. The second kappa shape index (κ2) is 11.7. The van der Waals surface area contributed by atoms with Gasteiger partial charge in [-0.3, -0.25) is 4.79 Å². The van der Waals surface area contributed by atoms with Gasteiger partial charge in [0.2, 0.25) is 5.95 Å². The number of halogens is 1. The van der Waals surface area contributed by atoms with Crippen LogP contribution in [0, 0.1) is 0 Å². The maximum absolute atomic E-state index is 13.0. The van der Waals surface area contributed by atoms with E-state index < -0.39 is 0 Å². The fraction of sp³-hybridized carbons (Fsp3) is 0.346. The van der Waals surface area contributed by atoms with Crippen LogP contribution < -0.4 is 20.3 Å². The van der Waals surface area contributed by atoms with Crippen LogP contribution in [0.5, 0.6) is 5.75 Å². The van der Waals surface area contributed by atoms with Crippen molar-refractivity contribution in [3.63, 3.8) is 0 Å². The molecule has 2 heterocycles. The Bertz CT molecular complexity index is 1100. The topological polar surface area (TPSA) is 79.4 Å². The molecule has 0 radical (unpaired) electrons. The van der Waals surface area contributed by atoms with Gasteiger partial charge < -0.3 is 20.3 Å². The normalized spacial score (nSPS) is 13.8. The molecule has 2 aromatic carbocycles. The van der Waals surface area contributed by atoms with Crippen molar-refractivity contribution in [1.29, 1.82) is 0 Å². The maximum Gasteiger partial charge on any atom is 0.256 e. The molecule has 1 saturated heterocycles. The predicted molar refractivity (Wildman–Crippen MR) is 136 cm³/mol. The van der Waals surface area contributed by atoms with Crippen LogP contribution in [0.3, 0.4) is 0 Å². The molecule has 8 heteroatoms. The lowest BCUT2D eigenvalue weighted by molar-refractivity contribution is 0.0951. The number of nitrogens with one attached hydrogen (secondary N) is 2. The molecule has 0 aliphatic carbocycles. The van der Waals surface area contributed by atoms with Crippen LogP contribution >= 0.6 is 11.6 Å². The van der Waals surface area contributed by atoms with E-state index in [9.17, 15) is 4.79 Å². The third kappa shape index (κ3) is 6.17. The standard InChI is InChI=1S/C26H30ClN5O2/c1-34-23-12-11-20(15-22(23)27)17-28-24-21(25(33)29-16-19-9-5-4-6-10-19)18-30-26(31-24)32-13-7-2-3-8-14-32/h4-6,9-12,15,18H,2-3,7-8,13-14,16-17H2,1H3,(H,29,33)(H,28,30,31). The molecule has 4 rings (SSSR count). The van der Waals surface area contributed by atoms with E-state index in [1.807, 2.05) is 48.5 Å². The number of rotatable bonds is 8. The number of hydrogen-bond acceptors (Lipinski definition) is 6. The average molecular weight is 480 g/mol. The number of aromatic nitrogens is 2. The van der Waals surface area contributed by atoms with E-state index in [1.165, 1.54) is 12.8 Å². The molecule has 2 N–H and O–H groups in total. The molecule has 0 saturated carbocycles. The van der Waals surface area contributed by atoms with Crippen molar-refractivity contribution in [3.8, 4) is 5.75 Å². The van der Waals surface area contributed by atoms with Crippen LogP contribution in [0.2, 0.25) is 5.02 Å². The third-order valence-electron chi connectivity index (χ3n) is 5.88. The van der Waals surface area contributed by atoms with Crippen molar-refractivity contribution in [2.75, 3.05) is 30.4 Å². The molecular weight excluding hydrogens is 450 g/mol. The Labute approximate surface area is 205 Å². The summed E-state index contributed by atoms with van der Waals surface area (Å²) in [6.45, 7) is 2.74. The maximum atomic E-state index is 13.0. The minimum absolute atomic E-state index is 0.221. The number of hydrogen-bond donors (Lipinski definition) is 2. The Morgan fingerprint density at radius 3 is 2.50 bits per heavy atom. The second-order valence-electron chi connectivity index (χ2n) is 8.32. The summed E-state index contributed by atoms with van der Waals surface area (Å²) in [6, 6.07) is 15.4. The van der Waals surface area contributed by atoms with Gasteiger partial charge in [-0.25, -0.2) is 4.98 Å². The van der Waals surface area contributed by atoms with Crippen LogP contribution in [0.4, 0.5) is 11.8 Å². The van der Waals surface area contributed by atoms with Crippen LogP contribution in [0.15, 0.2) is 54.7 Å². The van der Waals surface area contributed by atoms with Crippen molar-refractivity contribution in [1.82, 2.24) is 15.3 Å². The first-order valence-electron chi connectivity index (χ1n) is 11.6. The molecule has 1 fully saturated rings. The monoisotopic (exact) mass is 479 g/mol. The highest BCUT2D eigenvalue weighted by Crippen LogP contribution is 2.26. The lowest BCUT2D eigenvalue weighted by atomic mass is 10.2. The van der Waals surface area contributed by atoms with E-state index in [-0.39, 0.29) is 5.91 Å². The zero-order chi connectivity index (χ0) is 23.8. The fourth-order valence-electron chi connectivity index (χ4n) is 3.98. The van der Waals surface area contributed by atoms with Crippen LogP contribution in [0.25, 0.3) is 0 Å². The van der Waals surface area contributed by atoms with Gasteiger partial charge >= 0.3 is 0 Å². The van der Waals surface area contributed by atoms with E-state index in [4.69, 9.17) is 21.3 Å². The molecule has 1 amide bonds. The summed E-state index contributed by atoms with van der Waals surface area (Å²) in [6.07, 6.45) is 6.31. The van der Waals surface area contributed by atoms with Gasteiger partial charge in [0.25, 0.3) is 5.91 Å². The number of nitrogens with zero attached hydrogens (tertiary/aromatic N) is 3. The molecule has 0 bridgehead atoms. The number of carbonyl (C=O) groups is 1. The summed E-state index contributed by atoms with van der Waals surface area (Å²) in [5.41, 5.74) is 2.39. The van der Waals surface area contributed by atoms with Crippen LogP contribution in [-0.4, -0.2) is 36.1 Å². The van der Waals surface area contributed by atoms with Gasteiger partial charge in [-0.15, -0.1) is 0 Å². The van der Waals surface area contributed by atoms with Gasteiger partial charge in [-0.05, 0) is 36.1 Å². The van der Waals surface area contributed by atoms with Crippen molar-refractivity contribution >= 4 is 29.3 Å². The van der Waals surface area contributed by atoms with Crippen LogP contribution in [0.1, 0.15) is 47.2 Å². The van der Waals surface area contributed by atoms with E-state index in [0.717, 1.165) is 37.1 Å². The van der Waals surface area contributed by atoms with E-state index >= 15 is 0 Å². The molecule has 1 aliphatic heterocycles. The minimum Gasteiger partial charge on any atom is -0.495 e. The van der Waals surface area contributed by atoms with Gasteiger partial charge in [0, 0.05) is 32.4 Å². The summed E-state index contributed by atoms with van der Waals surface area (Å²) in [5, 5.41) is 6.84. The first kappa shape index (κ1) is 23.8. The molecule has 7 nitrogen and oxygen atoms in total. The Morgan fingerprint density at radius 2 is 1.79 bits per heavy atom. The number of benzene rings is 2. The van der Waals surface area contributed by atoms with Gasteiger partial charge in [0.05, 0.1) is 12.1 Å². The van der Waals surface area contributed by atoms with Crippen LogP contribution in [-0.2, 0) is 13.1 Å². The average Bonchev–Trinajstić information content (AvgIpc) is 3.16. The summed E-state index contributed by atoms with van der Waals surface area (Å²) in [5.74, 6) is 1.56. The Balaban J connectivity index is 1.55. The summed E-state index contributed by atoms with van der Waals surface area (Å²) in [7, 11) is 1.59. The summed E-state index contributed by atoms with van der Waals surface area (Å²) < 4.78 is 5.24. The van der Waals surface area contributed by atoms with Gasteiger partial charge in [-0.1, -0.05) is 60.8 Å². The minimum atomic E-state index is -0.221. The van der Waals surface area contributed by atoms with Gasteiger partial charge in [0.1, 0.15) is 17.1 Å². The molecule has 0 atom stereocenters. The fourth-order valence-corrected chi connectivity index (χ4v) is 4.26. The molecule has 0 spiro atoms. The Hall–Kier alpha value is -3.32. The van der Waals surface area contributed by atoms with Gasteiger partial charge in [0.15, 0.2) is 0 Å². The largest absolute Gasteiger partial charge is 0.495 e. The number of amides is 1. The molecule has 1 aliphatic rings. The van der Waals surface area contributed by atoms with Crippen molar-refractivity contribution < 1.29 is 9.53 Å². The van der Waals surface area contributed by atoms with Crippen molar-refractivity contribution in [3.05, 3.63) is 76.4 Å². The third-order valence-corrected chi connectivity index (χ3v) is 6.18. The highest BCUT2D eigenvalue weighted by molar-refractivity contribution is 6.32. The zero-order valence-electron chi connectivity index (χ0n) is 19.4. The second-order valence-corrected chi connectivity index (χ2v) is 8.73. The predicted octanol–water partition coefficient (Wildman–Crippen LogP) is 5.06. The number of anilines is 2. The van der Waals surface area contributed by atoms with E-state index in [0.29, 0.717) is 41.2 Å². The van der Waals surface area contributed by atoms with Gasteiger partial charge in [-0.2, -0.15) is 4.98 Å². The lowest BCUT2D eigenvalue weighted by Crippen LogP contribution is -2.28. The van der Waals surface area contributed by atoms with Crippen molar-refractivity contribution in [2.45, 2.75) is 38.8 Å². The van der Waals surface area contributed by atoms with Crippen molar-refractivity contribution in [2.24, 2.45) is 0 Å². The molecule has 3 aromatic rings.